The Hall–Kier alpha value is 0.770. The molecule has 0 aliphatic heterocycles. The Bertz CT molecular complexity index is 503. The summed E-state index contributed by atoms with van der Waals surface area (Å²) in [5.74, 6) is -0.353. The summed E-state index contributed by atoms with van der Waals surface area (Å²) < 4.78 is 15.8. The molecule has 0 aliphatic rings. The molecule has 0 spiro atoms. The average Bonchev–Trinajstić information content (AvgIpc) is 2.57. The molecule has 1 heterocycles. The van der Waals surface area contributed by atoms with E-state index in [1.165, 1.54) is 6.92 Å². The first kappa shape index (κ1) is 50.5. The molecule has 0 fully saturated rings. The summed E-state index contributed by atoms with van der Waals surface area (Å²) in [6.45, 7) is 1.24. The number of aryl methyl sites for hydroxylation is 1. The van der Waals surface area contributed by atoms with Gasteiger partial charge in [-0.05, 0) is 4.92 Å². The zero-order chi connectivity index (χ0) is 13.9. The number of hydrogen-bond acceptors (Lipinski definition) is 7. The monoisotopic (exact) mass is 451 g/mol. The van der Waals surface area contributed by atoms with Gasteiger partial charge in [-0.3, -0.25) is 0 Å². The van der Waals surface area contributed by atoms with Crippen LogP contribution in [0.25, 0.3) is 0 Å². The van der Waals surface area contributed by atoms with E-state index in [4.69, 9.17) is 11.6 Å². The molecule has 0 saturated heterocycles. The fourth-order valence-electron chi connectivity index (χ4n) is 1.32. The molecule has 15 nitrogen and oxygen atoms in total. The second-order valence-electron chi connectivity index (χ2n) is 3.36. The first-order valence-electron chi connectivity index (χ1n) is 4.67. The fraction of sp³-hybridized carbons (Fsp3) is 0.571. The maximum Gasteiger partial charge on any atom is 1.00 e. The third-order valence-corrected chi connectivity index (χ3v) is 2.96. The van der Waals surface area contributed by atoms with Gasteiger partial charge in [0.25, 0.3) is 0 Å². The largest absolute Gasteiger partial charge is 1.00 e. The zero-order valence-corrected chi connectivity index (χ0v) is 19.8. The molecular formula is C7H21ClN3Na2O12P. The van der Waals surface area contributed by atoms with Crippen molar-refractivity contribution in [2.45, 2.75) is 19.6 Å². The van der Waals surface area contributed by atoms with Gasteiger partial charge >= 0.3 is 64.9 Å². The topological polar surface area (TPSA) is 322 Å². The number of phosphoric acid groups is 1. The third kappa shape index (κ3) is 16.9. The number of nitrogens with zero attached hydrogens (tertiary/aromatic N) is 3. The van der Waals surface area contributed by atoms with Crippen molar-refractivity contribution < 1.29 is 116 Å². The van der Waals surface area contributed by atoms with Crippen LogP contribution in [0, 0.1) is 17.0 Å². The molecule has 26 heavy (non-hydrogen) atoms. The van der Waals surface area contributed by atoms with Crippen LogP contribution < -0.4 is 68.9 Å². The molecule has 0 saturated carbocycles. The Morgan fingerprint density at radius 1 is 1.23 bits per heavy atom. The van der Waals surface area contributed by atoms with E-state index >= 15 is 0 Å². The van der Waals surface area contributed by atoms with Crippen LogP contribution in [0.3, 0.4) is 0 Å². The van der Waals surface area contributed by atoms with Gasteiger partial charge in [-0.2, -0.15) is 0 Å². The van der Waals surface area contributed by atoms with Gasteiger partial charge in [0.15, 0.2) is 5.82 Å². The van der Waals surface area contributed by atoms with Crippen LogP contribution in [0.5, 0.6) is 0 Å². The van der Waals surface area contributed by atoms with Crippen LogP contribution in [0.1, 0.15) is 5.82 Å². The van der Waals surface area contributed by atoms with Crippen LogP contribution in [0.2, 0.25) is 0 Å². The molecule has 1 atom stereocenters. The van der Waals surface area contributed by atoms with Crippen molar-refractivity contribution in [2.75, 3.05) is 5.88 Å². The summed E-state index contributed by atoms with van der Waals surface area (Å²) >= 11 is 5.45. The molecular weight excluding hydrogens is 430 g/mol. The minimum atomic E-state index is -5.20. The second-order valence-corrected chi connectivity index (χ2v) is 4.77. The Balaban J connectivity index is -0.0000000675. The van der Waals surface area contributed by atoms with E-state index in [0.29, 0.717) is 0 Å². The minimum absolute atomic E-state index is 0. The number of imidazole rings is 1. The van der Waals surface area contributed by atoms with E-state index < -0.39 is 18.8 Å². The first-order valence-corrected chi connectivity index (χ1v) is 6.67. The standard InChI is InChI=1S/C7H11ClN3O6P.2Na.6H2O/c1-5-9-3-7(11(12)13)10(5)4-6(2-8)17-18(14,15)16;;;;;;;;/h3,6H,2,4H2,1H3,(H2,14,15,16);;;6*1H2/q;2*+1;;;;;;/p-2/t6-;;;;;;;;/m0......../s1. The zero-order valence-electron chi connectivity index (χ0n) is 14.2. The average molecular weight is 452 g/mol. The summed E-state index contributed by atoms with van der Waals surface area (Å²) in [5, 5.41) is 10.7. The molecule has 0 aromatic carbocycles. The Morgan fingerprint density at radius 2 is 1.65 bits per heavy atom. The molecule has 12 N–H and O–H groups in total. The Labute approximate surface area is 196 Å². The molecule has 1 rings (SSSR count). The number of halogens is 1. The summed E-state index contributed by atoms with van der Waals surface area (Å²) in [6, 6.07) is 0. The normalized spacial score (nSPS) is 9.38. The maximum absolute atomic E-state index is 10.7. The van der Waals surface area contributed by atoms with E-state index in [1.807, 2.05) is 0 Å². The molecule has 1 aromatic rings. The molecule has 19 heteroatoms. The van der Waals surface area contributed by atoms with E-state index in [2.05, 4.69) is 9.51 Å². The summed E-state index contributed by atoms with van der Waals surface area (Å²) in [5.41, 5.74) is 0. The van der Waals surface area contributed by atoms with Gasteiger partial charge in [-0.1, -0.05) is 0 Å². The number of alkyl halides is 1. The number of aromatic nitrogens is 2. The second kappa shape index (κ2) is 22.1. The van der Waals surface area contributed by atoms with Gasteiger partial charge in [0.05, 0.1) is 13.7 Å². The van der Waals surface area contributed by atoms with Gasteiger partial charge in [-0.15, -0.1) is 11.6 Å². The number of nitro groups is 1. The van der Waals surface area contributed by atoms with Gasteiger partial charge in [-0.25, -0.2) is 9.55 Å². The van der Waals surface area contributed by atoms with Crippen molar-refractivity contribution in [2.24, 2.45) is 0 Å². The third-order valence-electron chi connectivity index (χ3n) is 2.06. The van der Waals surface area contributed by atoms with Crippen molar-refractivity contribution >= 4 is 25.2 Å². The fourth-order valence-corrected chi connectivity index (χ4v) is 2.08. The Kier molecular flexibility index (Phi) is 42.8. The van der Waals surface area contributed by atoms with E-state index in [0.717, 1.165) is 10.8 Å². The molecule has 0 radical (unpaired) electrons. The van der Waals surface area contributed by atoms with Crippen LogP contribution in [-0.2, 0) is 15.6 Å². The predicted molar refractivity (Wildman–Crippen MR) is 78.5 cm³/mol. The van der Waals surface area contributed by atoms with Gasteiger partial charge < -0.3 is 61.8 Å². The molecule has 0 aliphatic carbocycles. The van der Waals surface area contributed by atoms with Crippen LogP contribution >= 0.6 is 19.4 Å². The van der Waals surface area contributed by atoms with Crippen molar-refractivity contribution in [3.63, 3.8) is 0 Å². The van der Waals surface area contributed by atoms with Crippen molar-refractivity contribution in [3.8, 4) is 0 Å². The molecule has 150 valence electrons. The molecule has 1 aromatic heterocycles. The van der Waals surface area contributed by atoms with Crippen LogP contribution in [0.4, 0.5) is 5.82 Å². The van der Waals surface area contributed by atoms with Crippen molar-refractivity contribution in [1.29, 1.82) is 0 Å². The van der Waals surface area contributed by atoms with E-state index in [1.54, 1.807) is 0 Å². The molecule has 0 unspecified atom stereocenters. The smallest absolute Gasteiger partial charge is 0.790 e. The van der Waals surface area contributed by atoms with Gasteiger partial charge in [0.2, 0.25) is 0 Å². The maximum atomic E-state index is 10.7. The van der Waals surface area contributed by atoms with Gasteiger partial charge in [0.1, 0.15) is 18.8 Å². The minimum Gasteiger partial charge on any atom is -0.790 e. The van der Waals surface area contributed by atoms with Crippen LogP contribution in [0.15, 0.2) is 6.20 Å². The molecule has 0 bridgehead atoms. The van der Waals surface area contributed by atoms with E-state index in [9.17, 15) is 24.5 Å². The number of hydrogen-bond donors (Lipinski definition) is 0. The first-order chi connectivity index (χ1) is 8.24. The Morgan fingerprint density at radius 3 is 1.96 bits per heavy atom. The predicted octanol–water partition coefficient (Wildman–Crippen LogP) is -11.4. The quantitative estimate of drug-likeness (QED) is 0.132. The van der Waals surface area contributed by atoms with E-state index in [-0.39, 0.29) is 116 Å². The SMILES string of the molecule is Cc1ncc([N+](=O)[O-])n1C[C@H](CCl)OP(=O)([O-])[O-].O.O.O.O.O.O.[Na+].[Na+]. The summed E-state index contributed by atoms with van der Waals surface area (Å²) in [7, 11) is -5.20. The van der Waals surface area contributed by atoms with Crippen LogP contribution in [-0.4, -0.2) is 59.3 Å². The van der Waals surface area contributed by atoms with Gasteiger partial charge in [0, 0.05) is 6.92 Å². The summed E-state index contributed by atoms with van der Waals surface area (Å²) in [6.07, 6.45) is -0.159. The molecule has 0 amide bonds. The number of phosphoric ester groups is 1. The van der Waals surface area contributed by atoms with Crippen molar-refractivity contribution in [3.05, 3.63) is 22.1 Å². The van der Waals surface area contributed by atoms with Crippen molar-refractivity contribution in [1.82, 2.24) is 9.55 Å². The summed E-state index contributed by atoms with van der Waals surface area (Å²) in [4.78, 5) is 34.7. The number of rotatable bonds is 6.